The van der Waals surface area contributed by atoms with Gasteiger partial charge in [0.2, 0.25) is 0 Å². The number of carbonyl (C=O) groups excluding carboxylic acids is 1. The van der Waals surface area contributed by atoms with Gasteiger partial charge < -0.3 is 9.90 Å². The van der Waals surface area contributed by atoms with Crippen molar-refractivity contribution in [3.8, 4) is 0 Å². The summed E-state index contributed by atoms with van der Waals surface area (Å²) in [4.78, 5) is 22.0. The SMILES string of the molecule is O=C([O-])[C@H](Cc1ccccc1)NSc1ccccc1[N+](=O)[O-]. The molecule has 0 unspecified atom stereocenters. The molecule has 0 fully saturated rings. The number of carboxylic acids is 1. The van der Waals surface area contributed by atoms with Crippen LogP contribution in [0.1, 0.15) is 5.56 Å². The number of benzene rings is 2. The lowest BCUT2D eigenvalue weighted by atomic mass is 10.1. The van der Waals surface area contributed by atoms with Gasteiger partial charge in [-0.25, -0.2) is 0 Å². The lowest BCUT2D eigenvalue weighted by molar-refractivity contribution is -0.387. The number of hydrogen-bond acceptors (Lipinski definition) is 6. The number of nitrogens with zero attached hydrogens (tertiary/aromatic N) is 1. The second kappa shape index (κ2) is 7.58. The van der Waals surface area contributed by atoms with Gasteiger partial charge in [-0.1, -0.05) is 42.5 Å². The molecule has 2 aromatic rings. The fourth-order valence-electron chi connectivity index (χ4n) is 1.85. The Morgan fingerprint density at radius 2 is 1.77 bits per heavy atom. The average Bonchev–Trinajstić information content (AvgIpc) is 2.52. The maximum absolute atomic E-state index is 11.2. The quantitative estimate of drug-likeness (QED) is 0.473. The summed E-state index contributed by atoms with van der Waals surface area (Å²) in [7, 11) is 0. The molecule has 0 heterocycles. The Bertz CT molecular complexity index is 664. The Morgan fingerprint density at radius 1 is 1.14 bits per heavy atom. The standard InChI is InChI=1S/C15H14N2O4S/c18-15(19)12(10-11-6-2-1-3-7-11)16-22-14-9-5-4-8-13(14)17(20)21/h1-9,12,16H,10H2,(H,18,19)/p-1/t12-/m0/s1. The van der Waals surface area contributed by atoms with Crippen molar-refractivity contribution < 1.29 is 14.8 Å². The Hall–Kier alpha value is -2.38. The van der Waals surface area contributed by atoms with Crippen molar-refractivity contribution in [3.63, 3.8) is 0 Å². The molecule has 0 aliphatic rings. The van der Waals surface area contributed by atoms with Gasteiger partial charge in [-0.2, -0.15) is 0 Å². The molecular formula is C15H13N2O4S-. The van der Waals surface area contributed by atoms with Crippen molar-refractivity contribution in [2.24, 2.45) is 0 Å². The molecule has 0 spiro atoms. The van der Waals surface area contributed by atoms with Crippen molar-refractivity contribution in [1.82, 2.24) is 4.72 Å². The van der Waals surface area contributed by atoms with E-state index in [4.69, 9.17) is 0 Å². The molecular weight excluding hydrogens is 304 g/mol. The predicted octanol–water partition coefficient (Wildman–Crippen LogP) is 1.55. The van der Waals surface area contributed by atoms with Crippen LogP contribution in [0.2, 0.25) is 0 Å². The first-order chi connectivity index (χ1) is 10.6. The highest BCUT2D eigenvalue weighted by atomic mass is 32.2. The Balaban J connectivity index is 2.07. The largest absolute Gasteiger partial charge is 0.548 e. The van der Waals surface area contributed by atoms with Gasteiger partial charge in [0.25, 0.3) is 5.69 Å². The Labute approximate surface area is 131 Å². The van der Waals surface area contributed by atoms with E-state index in [1.54, 1.807) is 18.2 Å². The van der Waals surface area contributed by atoms with Gasteiger partial charge in [0, 0.05) is 6.07 Å². The predicted molar refractivity (Wildman–Crippen MR) is 81.0 cm³/mol. The third kappa shape index (κ3) is 4.31. The fraction of sp³-hybridized carbons (Fsp3) is 0.133. The van der Waals surface area contributed by atoms with E-state index in [0.29, 0.717) is 4.90 Å². The maximum Gasteiger partial charge on any atom is 0.284 e. The smallest absolute Gasteiger partial charge is 0.284 e. The van der Waals surface area contributed by atoms with Crippen LogP contribution >= 0.6 is 11.9 Å². The molecule has 2 aromatic carbocycles. The molecule has 7 heteroatoms. The number of hydrogen-bond donors (Lipinski definition) is 1. The summed E-state index contributed by atoms with van der Waals surface area (Å²) in [6.07, 6.45) is 0.233. The van der Waals surface area contributed by atoms with Crippen LogP contribution in [0.15, 0.2) is 59.5 Å². The van der Waals surface area contributed by atoms with E-state index in [2.05, 4.69) is 4.72 Å². The average molecular weight is 317 g/mol. The molecule has 114 valence electrons. The Morgan fingerprint density at radius 3 is 2.41 bits per heavy atom. The van der Waals surface area contributed by atoms with Crippen molar-refractivity contribution >= 4 is 23.6 Å². The van der Waals surface area contributed by atoms with E-state index in [0.717, 1.165) is 17.5 Å². The van der Waals surface area contributed by atoms with Gasteiger partial charge in [0.1, 0.15) is 4.90 Å². The number of para-hydroxylation sites is 1. The zero-order chi connectivity index (χ0) is 15.9. The van der Waals surface area contributed by atoms with Crippen molar-refractivity contribution in [2.75, 3.05) is 0 Å². The topological polar surface area (TPSA) is 95.3 Å². The lowest BCUT2D eigenvalue weighted by Gasteiger charge is -2.19. The summed E-state index contributed by atoms with van der Waals surface area (Å²) in [6.45, 7) is 0. The van der Waals surface area contributed by atoms with E-state index in [9.17, 15) is 20.0 Å². The third-order valence-electron chi connectivity index (χ3n) is 2.94. The lowest BCUT2D eigenvalue weighted by Crippen LogP contribution is -2.44. The number of aliphatic carboxylic acids is 1. The summed E-state index contributed by atoms with van der Waals surface area (Å²) >= 11 is 0.919. The minimum Gasteiger partial charge on any atom is -0.548 e. The molecule has 0 radical (unpaired) electrons. The number of rotatable bonds is 7. The second-order valence-electron chi connectivity index (χ2n) is 4.51. The summed E-state index contributed by atoms with van der Waals surface area (Å²) in [5.74, 6) is -1.25. The molecule has 1 N–H and O–H groups in total. The highest BCUT2D eigenvalue weighted by Gasteiger charge is 2.16. The van der Waals surface area contributed by atoms with E-state index >= 15 is 0 Å². The van der Waals surface area contributed by atoms with Gasteiger partial charge in [-0.15, -0.1) is 0 Å². The van der Waals surface area contributed by atoms with E-state index in [1.807, 2.05) is 30.3 Å². The molecule has 6 nitrogen and oxygen atoms in total. The Kier molecular flexibility index (Phi) is 5.51. The molecule has 0 bridgehead atoms. The number of nitro benzene ring substituents is 1. The van der Waals surface area contributed by atoms with Gasteiger partial charge in [-0.3, -0.25) is 14.8 Å². The molecule has 0 aromatic heterocycles. The molecule has 0 saturated heterocycles. The third-order valence-corrected chi connectivity index (χ3v) is 3.91. The molecule has 0 aliphatic heterocycles. The highest BCUT2D eigenvalue weighted by molar-refractivity contribution is 7.97. The monoisotopic (exact) mass is 317 g/mol. The van der Waals surface area contributed by atoms with Crippen LogP contribution in [-0.4, -0.2) is 16.9 Å². The first-order valence-electron chi connectivity index (χ1n) is 6.48. The van der Waals surface area contributed by atoms with Crippen molar-refractivity contribution in [3.05, 3.63) is 70.3 Å². The summed E-state index contributed by atoms with van der Waals surface area (Å²) in [6, 6.07) is 14.3. The minimum atomic E-state index is -1.25. The number of carbonyl (C=O) groups is 1. The van der Waals surface area contributed by atoms with Crippen LogP contribution in [-0.2, 0) is 11.2 Å². The van der Waals surface area contributed by atoms with Gasteiger partial charge in [0.15, 0.2) is 0 Å². The van der Waals surface area contributed by atoms with Gasteiger partial charge >= 0.3 is 0 Å². The van der Waals surface area contributed by atoms with Crippen LogP contribution in [0.25, 0.3) is 0 Å². The number of nitrogens with one attached hydrogen (secondary N) is 1. The van der Waals surface area contributed by atoms with E-state index in [1.165, 1.54) is 6.07 Å². The van der Waals surface area contributed by atoms with Crippen LogP contribution in [0.5, 0.6) is 0 Å². The molecule has 22 heavy (non-hydrogen) atoms. The van der Waals surface area contributed by atoms with Gasteiger partial charge in [-0.05, 0) is 30.0 Å². The summed E-state index contributed by atoms with van der Waals surface area (Å²) < 4.78 is 2.73. The zero-order valence-electron chi connectivity index (χ0n) is 11.5. The zero-order valence-corrected chi connectivity index (χ0v) is 12.3. The number of nitro groups is 1. The minimum absolute atomic E-state index is 0.0724. The first kappa shape index (κ1) is 16.0. The molecule has 1 atom stereocenters. The molecule has 2 rings (SSSR count). The molecule has 0 saturated carbocycles. The normalized spacial score (nSPS) is 11.8. The van der Waals surface area contributed by atoms with E-state index < -0.39 is 16.9 Å². The van der Waals surface area contributed by atoms with Crippen LogP contribution in [0.4, 0.5) is 5.69 Å². The second-order valence-corrected chi connectivity index (χ2v) is 5.39. The first-order valence-corrected chi connectivity index (χ1v) is 7.30. The van der Waals surface area contributed by atoms with Crippen LogP contribution in [0.3, 0.4) is 0 Å². The summed E-state index contributed by atoms with van der Waals surface area (Å²) in [5, 5.41) is 22.2. The van der Waals surface area contributed by atoms with Crippen molar-refractivity contribution in [1.29, 1.82) is 0 Å². The molecule has 0 aliphatic carbocycles. The van der Waals surface area contributed by atoms with Crippen molar-refractivity contribution in [2.45, 2.75) is 17.4 Å². The van der Waals surface area contributed by atoms with E-state index in [-0.39, 0.29) is 12.1 Å². The number of carboxylic acid groups (broad SMARTS) is 1. The van der Waals surface area contributed by atoms with Crippen LogP contribution < -0.4 is 9.83 Å². The summed E-state index contributed by atoms with van der Waals surface area (Å²) in [5.41, 5.74) is 0.768. The van der Waals surface area contributed by atoms with Crippen LogP contribution in [0, 0.1) is 10.1 Å². The van der Waals surface area contributed by atoms with Gasteiger partial charge in [0.05, 0.1) is 16.9 Å². The highest BCUT2D eigenvalue weighted by Crippen LogP contribution is 2.27. The molecule has 0 amide bonds. The maximum atomic E-state index is 11.2. The fourth-order valence-corrected chi connectivity index (χ4v) is 2.69.